The summed E-state index contributed by atoms with van der Waals surface area (Å²) in [6.07, 6.45) is 0. The van der Waals surface area contributed by atoms with Crippen LogP contribution in [-0.2, 0) is 0 Å². The zero-order chi connectivity index (χ0) is 18.7. The van der Waals surface area contributed by atoms with Crippen molar-refractivity contribution >= 4 is 23.1 Å². The summed E-state index contributed by atoms with van der Waals surface area (Å²) in [7, 11) is 0. The Hall–Kier alpha value is -3.28. The Balaban J connectivity index is 1.83. The normalized spacial score (nSPS) is 10.5. The molecular formula is C20H19FN4O. The van der Waals surface area contributed by atoms with Gasteiger partial charge in [-0.1, -0.05) is 23.8 Å². The van der Waals surface area contributed by atoms with Crippen LogP contribution in [0.5, 0.6) is 0 Å². The lowest BCUT2D eigenvalue weighted by molar-refractivity contribution is 0.102. The monoisotopic (exact) mass is 350 g/mol. The molecule has 5 nitrogen and oxygen atoms in total. The van der Waals surface area contributed by atoms with Crippen LogP contribution in [-0.4, -0.2) is 15.9 Å². The Bertz CT molecular complexity index is 972. The topological polar surface area (TPSA) is 66.9 Å². The van der Waals surface area contributed by atoms with Crippen LogP contribution in [0.4, 0.5) is 21.6 Å². The maximum Gasteiger partial charge on any atom is 0.274 e. The first-order chi connectivity index (χ1) is 12.4. The number of carbonyl (C=O) groups excluding carboxylic acids is 1. The van der Waals surface area contributed by atoms with Crippen molar-refractivity contribution in [3.8, 4) is 0 Å². The molecule has 3 aromatic rings. The second-order valence-corrected chi connectivity index (χ2v) is 6.09. The van der Waals surface area contributed by atoms with Crippen LogP contribution in [0.3, 0.4) is 0 Å². The lowest BCUT2D eigenvalue weighted by atomic mass is 10.1. The van der Waals surface area contributed by atoms with Gasteiger partial charge in [0.2, 0.25) is 0 Å². The molecular weight excluding hydrogens is 331 g/mol. The molecule has 2 N–H and O–H groups in total. The molecule has 0 saturated carbocycles. The highest BCUT2D eigenvalue weighted by Crippen LogP contribution is 2.19. The Kier molecular flexibility index (Phi) is 4.93. The van der Waals surface area contributed by atoms with E-state index in [1.165, 1.54) is 18.2 Å². The van der Waals surface area contributed by atoms with Crippen molar-refractivity contribution in [3.05, 3.63) is 77.0 Å². The quantitative estimate of drug-likeness (QED) is 0.725. The summed E-state index contributed by atoms with van der Waals surface area (Å²) in [5.74, 6) is 0.185. The van der Waals surface area contributed by atoms with E-state index in [1.807, 2.05) is 32.0 Å². The Morgan fingerprint density at radius 1 is 1.00 bits per heavy atom. The van der Waals surface area contributed by atoms with Gasteiger partial charge in [0.15, 0.2) is 0 Å². The van der Waals surface area contributed by atoms with Gasteiger partial charge >= 0.3 is 0 Å². The standard InChI is InChI=1S/C20H19FN4O/c1-12-7-8-17(13(2)9-12)25-20(26)18-11-19(23-14(3)22-18)24-16-6-4-5-15(21)10-16/h4-11H,1-3H3,(H,25,26)(H,22,23,24). The van der Waals surface area contributed by atoms with E-state index in [1.54, 1.807) is 19.1 Å². The minimum Gasteiger partial charge on any atom is -0.340 e. The molecule has 26 heavy (non-hydrogen) atoms. The first-order valence-electron chi connectivity index (χ1n) is 8.17. The van der Waals surface area contributed by atoms with Gasteiger partial charge in [-0.2, -0.15) is 0 Å². The fourth-order valence-corrected chi connectivity index (χ4v) is 2.60. The van der Waals surface area contributed by atoms with E-state index in [-0.39, 0.29) is 17.4 Å². The maximum atomic E-state index is 13.3. The molecule has 1 heterocycles. The number of rotatable bonds is 4. The predicted molar refractivity (Wildman–Crippen MR) is 100 cm³/mol. The van der Waals surface area contributed by atoms with E-state index in [0.29, 0.717) is 17.3 Å². The highest BCUT2D eigenvalue weighted by atomic mass is 19.1. The van der Waals surface area contributed by atoms with Gasteiger partial charge in [0.1, 0.15) is 23.2 Å². The van der Waals surface area contributed by atoms with E-state index in [4.69, 9.17) is 0 Å². The van der Waals surface area contributed by atoms with Crippen molar-refractivity contribution in [3.63, 3.8) is 0 Å². The molecule has 0 aliphatic heterocycles. The van der Waals surface area contributed by atoms with Gasteiger partial charge in [-0.25, -0.2) is 14.4 Å². The third-order valence-electron chi connectivity index (χ3n) is 3.80. The number of benzene rings is 2. The van der Waals surface area contributed by atoms with E-state index in [0.717, 1.165) is 16.8 Å². The van der Waals surface area contributed by atoms with E-state index < -0.39 is 0 Å². The van der Waals surface area contributed by atoms with Gasteiger partial charge in [-0.05, 0) is 50.6 Å². The van der Waals surface area contributed by atoms with E-state index in [2.05, 4.69) is 20.6 Å². The van der Waals surface area contributed by atoms with Gasteiger partial charge in [0.25, 0.3) is 5.91 Å². The Labute approximate surface area is 151 Å². The van der Waals surface area contributed by atoms with Gasteiger partial charge in [-0.15, -0.1) is 0 Å². The van der Waals surface area contributed by atoms with Gasteiger partial charge in [-0.3, -0.25) is 4.79 Å². The summed E-state index contributed by atoms with van der Waals surface area (Å²) in [5.41, 5.74) is 3.61. The minimum absolute atomic E-state index is 0.233. The molecule has 0 saturated heterocycles. The van der Waals surface area contributed by atoms with Crippen LogP contribution in [0.15, 0.2) is 48.5 Å². The maximum absolute atomic E-state index is 13.3. The fraction of sp³-hybridized carbons (Fsp3) is 0.150. The number of hydrogen-bond acceptors (Lipinski definition) is 4. The molecule has 0 bridgehead atoms. The fourth-order valence-electron chi connectivity index (χ4n) is 2.60. The average Bonchev–Trinajstić information content (AvgIpc) is 2.57. The van der Waals surface area contributed by atoms with Gasteiger partial charge in [0.05, 0.1) is 0 Å². The largest absolute Gasteiger partial charge is 0.340 e. The summed E-state index contributed by atoms with van der Waals surface area (Å²) in [4.78, 5) is 21.0. The smallest absolute Gasteiger partial charge is 0.274 e. The van der Waals surface area contributed by atoms with Crippen LogP contribution in [0.2, 0.25) is 0 Å². The van der Waals surface area contributed by atoms with Crippen molar-refractivity contribution in [1.82, 2.24) is 9.97 Å². The SMILES string of the molecule is Cc1ccc(NC(=O)c2cc(Nc3cccc(F)c3)nc(C)n2)c(C)c1. The highest BCUT2D eigenvalue weighted by Gasteiger charge is 2.12. The molecule has 6 heteroatoms. The van der Waals surface area contributed by atoms with Crippen LogP contribution in [0.1, 0.15) is 27.4 Å². The van der Waals surface area contributed by atoms with Crippen molar-refractivity contribution in [2.24, 2.45) is 0 Å². The highest BCUT2D eigenvalue weighted by molar-refractivity contribution is 6.03. The third kappa shape index (κ3) is 4.22. The number of carbonyl (C=O) groups is 1. The molecule has 1 aromatic heterocycles. The number of amides is 1. The van der Waals surface area contributed by atoms with Crippen molar-refractivity contribution in [2.75, 3.05) is 10.6 Å². The lowest BCUT2D eigenvalue weighted by Crippen LogP contribution is -2.16. The summed E-state index contributed by atoms with van der Waals surface area (Å²) in [5, 5.41) is 5.86. The molecule has 132 valence electrons. The van der Waals surface area contributed by atoms with Crippen LogP contribution in [0.25, 0.3) is 0 Å². The van der Waals surface area contributed by atoms with Crippen molar-refractivity contribution in [2.45, 2.75) is 20.8 Å². The Morgan fingerprint density at radius 2 is 1.81 bits per heavy atom. The number of nitrogens with zero attached hydrogens (tertiary/aromatic N) is 2. The zero-order valence-electron chi connectivity index (χ0n) is 14.8. The summed E-state index contributed by atoms with van der Waals surface area (Å²) in [6, 6.07) is 13.4. The zero-order valence-corrected chi connectivity index (χ0v) is 14.8. The molecule has 0 aliphatic carbocycles. The van der Waals surface area contributed by atoms with Crippen molar-refractivity contribution < 1.29 is 9.18 Å². The van der Waals surface area contributed by atoms with Crippen LogP contribution < -0.4 is 10.6 Å². The van der Waals surface area contributed by atoms with Crippen molar-refractivity contribution in [1.29, 1.82) is 0 Å². The number of hydrogen-bond donors (Lipinski definition) is 2. The van der Waals surface area contributed by atoms with Crippen LogP contribution >= 0.6 is 0 Å². The summed E-state index contributed by atoms with van der Waals surface area (Å²) in [6.45, 7) is 5.63. The van der Waals surface area contributed by atoms with E-state index >= 15 is 0 Å². The predicted octanol–water partition coefficient (Wildman–Crippen LogP) is 4.54. The molecule has 0 unspecified atom stereocenters. The number of aromatic nitrogens is 2. The second kappa shape index (κ2) is 7.31. The van der Waals surface area contributed by atoms with Crippen LogP contribution in [0, 0.1) is 26.6 Å². The molecule has 2 aromatic carbocycles. The molecule has 0 aliphatic rings. The molecule has 0 spiro atoms. The average molecular weight is 350 g/mol. The first kappa shape index (κ1) is 17.5. The molecule has 1 amide bonds. The number of halogens is 1. The second-order valence-electron chi connectivity index (χ2n) is 6.09. The van der Waals surface area contributed by atoms with Gasteiger partial charge in [0, 0.05) is 17.4 Å². The summed E-state index contributed by atoms with van der Waals surface area (Å²) >= 11 is 0. The lowest BCUT2D eigenvalue weighted by Gasteiger charge is -2.11. The minimum atomic E-state index is -0.353. The third-order valence-corrected chi connectivity index (χ3v) is 3.80. The van der Waals surface area contributed by atoms with Gasteiger partial charge < -0.3 is 10.6 Å². The number of aryl methyl sites for hydroxylation is 3. The molecule has 3 rings (SSSR count). The molecule has 0 radical (unpaired) electrons. The summed E-state index contributed by atoms with van der Waals surface area (Å²) < 4.78 is 13.3. The van der Waals surface area contributed by atoms with E-state index in [9.17, 15) is 9.18 Å². The first-order valence-corrected chi connectivity index (χ1v) is 8.17. The Morgan fingerprint density at radius 3 is 2.54 bits per heavy atom. The number of anilines is 3. The molecule has 0 fully saturated rings. The number of nitrogens with one attached hydrogen (secondary N) is 2. The molecule has 0 atom stereocenters.